The van der Waals surface area contributed by atoms with Gasteiger partial charge in [-0.25, -0.2) is 0 Å². The third-order valence-electron chi connectivity index (χ3n) is 6.19. The maximum Gasteiger partial charge on any atom is 0.223 e. The van der Waals surface area contributed by atoms with Crippen LogP contribution in [0.4, 0.5) is 0 Å². The zero-order valence-electron chi connectivity index (χ0n) is 15.8. The minimum atomic E-state index is 0.344. The van der Waals surface area contributed by atoms with Gasteiger partial charge in [0, 0.05) is 38.6 Å². The standard InChI is InChI=1S/C22H34N2O/c1-2-19(20-10-6-5-7-11-20)18-22(25)24-16-14-23(15-17-24)21-12-8-3-4-9-13-21/h5-7,10-11,19,21H,2-4,8-9,12-18H2,1H3. The zero-order valence-corrected chi connectivity index (χ0v) is 15.8. The Morgan fingerprint density at radius 1 is 1.00 bits per heavy atom. The highest BCUT2D eigenvalue weighted by Gasteiger charge is 2.27. The number of hydrogen-bond donors (Lipinski definition) is 0. The number of benzene rings is 1. The molecule has 0 aromatic heterocycles. The van der Waals surface area contributed by atoms with E-state index in [1.54, 1.807) is 0 Å². The zero-order chi connectivity index (χ0) is 17.5. The normalized spacial score (nSPS) is 21.7. The van der Waals surface area contributed by atoms with E-state index in [-0.39, 0.29) is 0 Å². The summed E-state index contributed by atoms with van der Waals surface area (Å²) in [6.07, 6.45) is 10.00. The van der Waals surface area contributed by atoms with E-state index < -0.39 is 0 Å². The van der Waals surface area contributed by atoms with Crippen molar-refractivity contribution in [1.82, 2.24) is 9.80 Å². The van der Waals surface area contributed by atoms with Gasteiger partial charge >= 0.3 is 0 Å². The second-order valence-corrected chi connectivity index (χ2v) is 7.78. The van der Waals surface area contributed by atoms with Crippen molar-refractivity contribution in [2.45, 2.75) is 70.3 Å². The Hall–Kier alpha value is -1.35. The first-order valence-corrected chi connectivity index (χ1v) is 10.3. The fourth-order valence-corrected chi connectivity index (χ4v) is 4.52. The number of carbonyl (C=O) groups is 1. The van der Waals surface area contributed by atoms with Crippen molar-refractivity contribution in [2.24, 2.45) is 0 Å². The van der Waals surface area contributed by atoms with Crippen molar-refractivity contribution < 1.29 is 4.79 Å². The third kappa shape index (κ3) is 5.07. The van der Waals surface area contributed by atoms with Gasteiger partial charge in [-0.05, 0) is 30.7 Å². The highest BCUT2D eigenvalue weighted by molar-refractivity contribution is 5.77. The van der Waals surface area contributed by atoms with Crippen LogP contribution in [0, 0.1) is 0 Å². The van der Waals surface area contributed by atoms with Crippen molar-refractivity contribution >= 4 is 5.91 Å². The summed E-state index contributed by atoms with van der Waals surface area (Å²) in [5.41, 5.74) is 1.30. The molecule has 1 aromatic rings. The van der Waals surface area contributed by atoms with Crippen LogP contribution in [0.25, 0.3) is 0 Å². The van der Waals surface area contributed by atoms with E-state index in [9.17, 15) is 4.79 Å². The van der Waals surface area contributed by atoms with E-state index >= 15 is 0 Å². The fraction of sp³-hybridized carbons (Fsp3) is 0.682. The van der Waals surface area contributed by atoms with Crippen LogP contribution in [0.3, 0.4) is 0 Å². The van der Waals surface area contributed by atoms with Crippen LogP contribution in [0.15, 0.2) is 30.3 Å². The lowest BCUT2D eigenvalue weighted by Gasteiger charge is -2.39. The molecular weight excluding hydrogens is 308 g/mol. The van der Waals surface area contributed by atoms with Crippen molar-refractivity contribution in [2.75, 3.05) is 26.2 Å². The molecule has 3 heteroatoms. The molecular formula is C22H34N2O. The highest BCUT2D eigenvalue weighted by Crippen LogP contribution is 2.26. The van der Waals surface area contributed by atoms with Gasteiger partial charge in [-0.2, -0.15) is 0 Å². The molecule has 3 rings (SSSR count). The first-order valence-electron chi connectivity index (χ1n) is 10.3. The lowest BCUT2D eigenvalue weighted by atomic mass is 9.92. The molecule has 1 heterocycles. The largest absolute Gasteiger partial charge is 0.340 e. The number of amides is 1. The van der Waals surface area contributed by atoms with Crippen LogP contribution in [0.2, 0.25) is 0 Å². The van der Waals surface area contributed by atoms with E-state index in [0.29, 0.717) is 18.2 Å². The van der Waals surface area contributed by atoms with Crippen molar-refractivity contribution in [1.29, 1.82) is 0 Å². The Kier molecular flexibility index (Phi) is 6.92. The first-order chi connectivity index (χ1) is 12.3. The molecule has 1 saturated heterocycles. The molecule has 1 amide bonds. The topological polar surface area (TPSA) is 23.6 Å². The summed E-state index contributed by atoms with van der Waals surface area (Å²) in [6, 6.07) is 11.3. The van der Waals surface area contributed by atoms with Gasteiger partial charge in [0.05, 0.1) is 0 Å². The second kappa shape index (κ2) is 9.38. The van der Waals surface area contributed by atoms with Gasteiger partial charge < -0.3 is 4.90 Å². The molecule has 1 aromatic carbocycles. The Balaban J connectivity index is 1.49. The molecule has 0 spiro atoms. The number of piperazine rings is 1. The van der Waals surface area contributed by atoms with Crippen molar-refractivity contribution in [3.05, 3.63) is 35.9 Å². The number of hydrogen-bond acceptors (Lipinski definition) is 2. The second-order valence-electron chi connectivity index (χ2n) is 7.78. The van der Waals surface area contributed by atoms with E-state index in [4.69, 9.17) is 0 Å². The van der Waals surface area contributed by atoms with Gasteiger partial charge in [0.25, 0.3) is 0 Å². The maximum absolute atomic E-state index is 12.8. The van der Waals surface area contributed by atoms with Crippen LogP contribution in [0.5, 0.6) is 0 Å². The molecule has 138 valence electrons. The summed E-state index contributed by atoms with van der Waals surface area (Å²) in [5.74, 6) is 0.699. The van der Waals surface area contributed by atoms with E-state index in [0.717, 1.165) is 38.6 Å². The lowest BCUT2D eigenvalue weighted by Crippen LogP contribution is -2.52. The van der Waals surface area contributed by atoms with Gasteiger partial charge in [-0.15, -0.1) is 0 Å². The molecule has 25 heavy (non-hydrogen) atoms. The van der Waals surface area contributed by atoms with Gasteiger partial charge in [0.1, 0.15) is 0 Å². The fourth-order valence-electron chi connectivity index (χ4n) is 4.52. The van der Waals surface area contributed by atoms with Crippen molar-refractivity contribution in [3.8, 4) is 0 Å². The number of rotatable bonds is 5. The average molecular weight is 343 g/mol. The van der Waals surface area contributed by atoms with Gasteiger partial charge in [0.2, 0.25) is 5.91 Å². The highest BCUT2D eigenvalue weighted by atomic mass is 16.2. The summed E-state index contributed by atoms with van der Waals surface area (Å²) < 4.78 is 0. The molecule has 2 fully saturated rings. The number of nitrogens with zero attached hydrogens (tertiary/aromatic N) is 2. The third-order valence-corrected chi connectivity index (χ3v) is 6.19. The monoisotopic (exact) mass is 342 g/mol. The summed E-state index contributed by atoms with van der Waals surface area (Å²) in [4.78, 5) is 17.6. The van der Waals surface area contributed by atoms with E-state index in [2.05, 4.69) is 41.0 Å². The van der Waals surface area contributed by atoms with E-state index in [1.165, 1.54) is 44.1 Å². The molecule has 0 radical (unpaired) electrons. The van der Waals surface area contributed by atoms with Gasteiger partial charge in [-0.3, -0.25) is 9.69 Å². The lowest BCUT2D eigenvalue weighted by molar-refractivity contribution is -0.133. The van der Waals surface area contributed by atoms with E-state index in [1.807, 2.05) is 6.07 Å². The van der Waals surface area contributed by atoms with Crippen LogP contribution >= 0.6 is 0 Å². The summed E-state index contributed by atoms with van der Waals surface area (Å²) >= 11 is 0. The molecule has 1 saturated carbocycles. The maximum atomic E-state index is 12.8. The first kappa shape index (κ1) is 18.4. The minimum Gasteiger partial charge on any atom is -0.340 e. The Morgan fingerprint density at radius 2 is 1.64 bits per heavy atom. The predicted octanol–water partition coefficient (Wildman–Crippen LogP) is 4.44. The van der Waals surface area contributed by atoms with Crippen LogP contribution in [0.1, 0.15) is 69.8 Å². The molecule has 3 nitrogen and oxygen atoms in total. The quantitative estimate of drug-likeness (QED) is 0.739. The molecule has 1 atom stereocenters. The predicted molar refractivity (Wildman–Crippen MR) is 104 cm³/mol. The Morgan fingerprint density at radius 3 is 2.24 bits per heavy atom. The summed E-state index contributed by atoms with van der Waals surface area (Å²) in [6.45, 7) is 6.16. The number of carbonyl (C=O) groups excluding carboxylic acids is 1. The summed E-state index contributed by atoms with van der Waals surface area (Å²) in [7, 11) is 0. The van der Waals surface area contributed by atoms with Crippen LogP contribution in [-0.2, 0) is 4.79 Å². The molecule has 1 aliphatic heterocycles. The SMILES string of the molecule is CCC(CC(=O)N1CCN(C2CCCCCC2)CC1)c1ccccc1. The van der Waals surface area contributed by atoms with Crippen molar-refractivity contribution in [3.63, 3.8) is 0 Å². The minimum absolute atomic E-state index is 0.344. The molecule has 1 aliphatic carbocycles. The average Bonchev–Trinajstić information content (AvgIpc) is 2.96. The molecule has 1 unspecified atom stereocenters. The molecule has 2 aliphatic rings. The van der Waals surface area contributed by atoms with Gasteiger partial charge in [0.15, 0.2) is 0 Å². The Bertz CT molecular complexity index is 514. The molecule has 0 N–H and O–H groups in total. The molecule has 0 bridgehead atoms. The van der Waals surface area contributed by atoms with Gasteiger partial charge in [-0.1, -0.05) is 62.9 Å². The Labute approximate surface area is 153 Å². The summed E-state index contributed by atoms with van der Waals surface area (Å²) in [5, 5.41) is 0. The van der Waals surface area contributed by atoms with Crippen LogP contribution in [-0.4, -0.2) is 47.9 Å². The van der Waals surface area contributed by atoms with Crippen LogP contribution < -0.4 is 0 Å². The smallest absolute Gasteiger partial charge is 0.223 e.